The molecule has 0 N–H and O–H groups in total. The molecule has 0 aliphatic heterocycles. The van der Waals surface area contributed by atoms with E-state index < -0.39 is 0 Å². The number of carbonyl (C=O) groups is 1. The Morgan fingerprint density at radius 2 is 1.95 bits per heavy atom. The number of hydrogen-bond donors (Lipinski definition) is 0. The van der Waals surface area contributed by atoms with Crippen molar-refractivity contribution in [2.24, 2.45) is 5.92 Å². The van der Waals surface area contributed by atoms with Crippen LogP contribution in [-0.2, 0) is 4.79 Å². The first-order valence-corrected chi connectivity index (χ1v) is 7.05. The van der Waals surface area contributed by atoms with E-state index in [9.17, 15) is 4.79 Å². The summed E-state index contributed by atoms with van der Waals surface area (Å²) in [7, 11) is 4.04. The fourth-order valence-corrected chi connectivity index (χ4v) is 2.09. The van der Waals surface area contributed by atoms with Crippen LogP contribution in [0.4, 0.5) is 0 Å². The van der Waals surface area contributed by atoms with Crippen LogP contribution in [-0.4, -0.2) is 31.3 Å². The zero-order valence-corrected chi connectivity index (χ0v) is 12.3. The molecule has 19 heavy (non-hydrogen) atoms. The molecule has 0 fully saturated rings. The Morgan fingerprint density at radius 1 is 1.26 bits per heavy atom. The molecule has 0 heterocycles. The molecule has 1 aromatic carbocycles. The monoisotopic (exact) mass is 259 g/mol. The summed E-state index contributed by atoms with van der Waals surface area (Å²) in [4.78, 5) is 14.3. The average molecular weight is 259 g/mol. The van der Waals surface area contributed by atoms with Gasteiger partial charge < -0.3 is 4.90 Å². The van der Waals surface area contributed by atoms with E-state index in [1.165, 1.54) is 0 Å². The van der Waals surface area contributed by atoms with E-state index >= 15 is 0 Å². The predicted molar refractivity (Wildman–Crippen MR) is 82.1 cm³/mol. The zero-order valence-electron chi connectivity index (χ0n) is 12.3. The molecule has 1 unspecified atom stereocenters. The van der Waals surface area contributed by atoms with Gasteiger partial charge in [0.05, 0.1) is 0 Å². The first-order valence-electron chi connectivity index (χ1n) is 7.05. The van der Waals surface area contributed by atoms with Gasteiger partial charge in [0.2, 0.25) is 0 Å². The minimum atomic E-state index is 0.120. The molecule has 1 aromatic rings. The van der Waals surface area contributed by atoms with Crippen LogP contribution in [0.2, 0.25) is 0 Å². The van der Waals surface area contributed by atoms with Crippen LogP contribution in [0, 0.1) is 5.92 Å². The lowest BCUT2D eigenvalue weighted by Gasteiger charge is -2.18. The van der Waals surface area contributed by atoms with E-state index in [1.807, 2.05) is 50.5 Å². The number of carbonyl (C=O) groups excluding carboxylic acids is 1. The third-order valence-corrected chi connectivity index (χ3v) is 3.13. The summed E-state index contributed by atoms with van der Waals surface area (Å²) in [5.41, 5.74) is 1.08. The van der Waals surface area contributed by atoms with E-state index in [1.54, 1.807) is 6.08 Å². The van der Waals surface area contributed by atoms with Crippen molar-refractivity contribution < 1.29 is 4.79 Å². The molecule has 104 valence electrons. The third-order valence-electron chi connectivity index (χ3n) is 3.13. The van der Waals surface area contributed by atoms with Crippen molar-refractivity contribution in [1.82, 2.24) is 4.90 Å². The van der Waals surface area contributed by atoms with E-state index in [0.717, 1.165) is 31.4 Å². The van der Waals surface area contributed by atoms with E-state index in [2.05, 4.69) is 11.8 Å². The van der Waals surface area contributed by atoms with Gasteiger partial charge in [-0.3, -0.25) is 4.79 Å². The summed E-state index contributed by atoms with van der Waals surface area (Å²) in [6.45, 7) is 3.00. The molecule has 0 saturated carbocycles. The fraction of sp³-hybridized carbons (Fsp3) is 0.471. The molecule has 2 nitrogen and oxygen atoms in total. The Hall–Kier alpha value is -1.41. The Morgan fingerprint density at radius 3 is 2.53 bits per heavy atom. The molecule has 1 atom stereocenters. The van der Waals surface area contributed by atoms with Crippen LogP contribution in [0.5, 0.6) is 0 Å². The second-order valence-electron chi connectivity index (χ2n) is 5.25. The Labute approximate surface area is 117 Å². The highest BCUT2D eigenvalue weighted by molar-refractivity contribution is 5.95. The molecule has 0 aromatic heterocycles. The molecule has 0 saturated heterocycles. The molecule has 2 heteroatoms. The lowest BCUT2D eigenvalue weighted by atomic mass is 9.96. The average Bonchev–Trinajstić information content (AvgIpc) is 2.41. The lowest BCUT2D eigenvalue weighted by molar-refractivity contribution is -0.118. The molecule has 1 rings (SSSR count). The topological polar surface area (TPSA) is 20.3 Å². The minimum Gasteiger partial charge on any atom is -0.309 e. The van der Waals surface area contributed by atoms with Crippen LogP contribution in [0.3, 0.4) is 0 Å². The summed E-state index contributed by atoms with van der Waals surface area (Å²) >= 11 is 0. The highest BCUT2D eigenvalue weighted by atomic mass is 16.1. The van der Waals surface area contributed by atoms with Gasteiger partial charge in [-0.2, -0.15) is 0 Å². The van der Waals surface area contributed by atoms with Crippen molar-refractivity contribution in [3.63, 3.8) is 0 Å². The van der Waals surface area contributed by atoms with Crippen molar-refractivity contribution in [2.45, 2.75) is 26.2 Å². The largest absolute Gasteiger partial charge is 0.309 e. The summed E-state index contributed by atoms with van der Waals surface area (Å²) in [6.07, 6.45) is 6.88. The van der Waals surface area contributed by atoms with E-state index in [0.29, 0.717) is 0 Å². The molecule has 0 spiro atoms. The Bertz CT molecular complexity index is 395. The molecule has 0 aliphatic rings. The summed E-state index contributed by atoms with van der Waals surface area (Å²) < 4.78 is 0. The van der Waals surface area contributed by atoms with Crippen LogP contribution < -0.4 is 0 Å². The predicted octanol–water partition coefficient (Wildman–Crippen LogP) is 3.64. The van der Waals surface area contributed by atoms with Gasteiger partial charge in [-0.15, -0.1) is 0 Å². The highest BCUT2D eigenvalue weighted by Crippen LogP contribution is 2.13. The van der Waals surface area contributed by atoms with Crippen LogP contribution in [0.25, 0.3) is 6.08 Å². The van der Waals surface area contributed by atoms with Gasteiger partial charge in [-0.1, -0.05) is 56.2 Å². The van der Waals surface area contributed by atoms with Gasteiger partial charge in [0.25, 0.3) is 0 Å². The van der Waals surface area contributed by atoms with E-state index in [-0.39, 0.29) is 11.7 Å². The fourth-order valence-electron chi connectivity index (χ4n) is 2.09. The van der Waals surface area contributed by atoms with Gasteiger partial charge >= 0.3 is 0 Å². The zero-order chi connectivity index (χ0) is 14.1. The number of benzene rings is 1. The lowest BCUT2D eigenvalue weighted by Crippen LogP contribution is -2.27. The van der Waals surface area contributed by atoms with Crippen LogP contribution in [0.15, 0.2) is 36.4 Å². The second kappa shape index (κ2) is 8.65. The van der Waals surface area contributed by atoms with Gasteiger partial charge in [-0.25, -0.2) is 0 Å². The standard InChI is InChI=1S/C17H25NO/c1-4-5-11-16(14-18(2)3)17(19)13-12-15-9-7-6-8-10-15/h6-10,12-13,16H,4-5,11,14H2,1-3H3/b13-12+. The molecular formula is C17H25NO. The molecule has 0 aliphatic carbocycles. The van der Waals surface area contributed by atoms with Crippen molar-refractivity contribution in [3.8, 4) is 0 Å². The quantitative estimate of drug-likeness (QED) is 0.664. The first kappa shape index (κ1) is 15.6. The number of unbranched alkanes of at least 4 members (excludes halogenated alkanes) is 1. The number of ketones is 1. The first-order chi connectivity index (χ1) is 9.13. The molecule has 0 amide bonds. The number of rotatable bonds is 8. The van der Waals surface area contributed by atoms with Crippen molar-refractivity contribution in [1.29, 1.82) is 0 Å². The summed E-state index contributed by atoms with van der Waals surface area (Å²) in [5.74, 6) is 0.362. The van der Waals surface area contributed by atoms with Gasteiger partial charge in [0.15, 0.2) is 5.78 Å². The molecule has 0 radical (unpaired) electrons. The van der Waals surface area contributed by atoms with Gasteiger partial charge in [0, 0.05) is 12.5 Å². The number of nitrogens with zero attached hydrogens (tertiary/aromatic N) is 1. The molecular weight excluding hydrogens is 234 g/mol. The second-order valence-corrected chi connectivity index (χ2v) is 5.25. The summed E-state index contributed by atoms with van der Waals surface area (Å²) in [6, 6.07) is 9.97. The molecule has 0 bridgehead atoms. The van der Waals surface area contributed by atoms with Crippen molar-refractivity contribution in [2.75, 3.05) is 20.6 Å². The number of hydrogen-bond acceptors (Lipinski definition) is 2. The third kappa shape index (κ3) is 6.35. The van der Waals surface area contributed by atoms with Crippen LogP contribution in [0.1, 0.15) is 31.7 Å². The maximum atomic E-state index is 12.2. The van der Waals surface area contributed by atoms with Gasteiger partial charge in [0.1, 0.15) is 0 Å². The SMILES string of the molecule is CCCCC(CN(C)C)C(=O)/C=C/c1ccccc1. The Kier molecular flexibility index (Phi) is 7.12. The maximum absolute atomic E-state index is 12.2. The van der Waals surface area contributed by atoms with Crippen molar-refractivity contribution >= 4 is 11.9 Å². The van der Waals surface area contributed by atoms with E-state index in [4.69, 9.17) is 0 Å². The minimum absolute atomic E-state index is 0.120. The van der Waals surface area contributed by atoms with Crippen LogP contribution >= 0.6 is 0 Å². The normalized spacial score (nSPS) is 13.1. The maximum Gasteiger partial charge on any atom is 0.160 e. The number of allylic oxidation sites excluding steroid dienone is 1. The highest BCUT2D eigenvalue weighted by Gasteiger charge is 2.16. The Balaban J connectivity index is 2.62. The van der Waals surface area contributed by atoms with Crippen molar-refractivity contribution in [3.05, 3.63) is 42.0 Å². The summed E-state index contributed by atoms with van der Waals surface area (Å²) in [5, 5.41) is 0. The smallest absolute Gasteiger partial charge is 0.160 e. The van der Waals surface area contributed by atoms with Gasteiger partial charge in [-0.05, 0) is 32.2 Å².